The van der Waals surface area contributed by atoms with E-state index in [2.05, 4.69) is 39.8 Å². The molecule has 2 fully saturated rings. The molecule has 0 heterocycles. The average Bonchev–Trinajstić information content (AvgIpc) is 3.10. The van der Waals surface area contributed by atoms with Crippen LogP contribution in [0.3, 0.4) is 0 Å². The Hall–Kier alpha value is -0.980. The third kappa shape index (κ3) is 1.94. The molecular weight excluding hydrogens is 220 g/mol. The minimum atomic E-state index is 0.172. The van der Waals surface area contributed by atoms with Gasteiger partial charge < -0.3 is 5.11 Å². The molecule has 0 bridgehead atoms. The average molecular weight is 244 g/mol. The molecule has 1 aromatic rings. The van der Waals surface area contributed by atoms with Crippen LogP contribution in [0.1, 0.15) is 76.0 Å². The fraction of sp³-hybridized carbons (Fsp3) is 0.647. The minimum absolute atomic E-state index is 0.172. The predicted molar refractivity (Wildman–Crippen MR) is 75.4 cm³/mol. The number of aromatic hydroxyl groups is 1. The maximum absolute atomic E-state index is 10.3. The summed E-state index contributed by atoms with van der Waals surface area (Å²) >= 11 is 0. The molecule has 0 aliphatic heterocycles. The summed E-state index contributed by atoms with van der Waals surface area (Å²) in [5, 5.41) is 10.3. The number of phenolic OH excluding ortho intramolecular Hbond substituents is 1. The van der Waals surface area contributed by atoms with Crippen molar-refractivity contribution in [3.63, 3.8) is 0 Å². The number of rotatable bonds is 2. The highest BCUT2D eigenvalue weighted by molar-refractivity contribution is 5.51. The van der Waals surface area contributed by atoms with Crippen LogP contribution in [0.5, 0.6) is 5.75 Å². The van der Waals surface area contributed by atoms with Crippen LogP contribution in [0.15, 0.2) is 12.1 Å². The SMILES string of the molecule is CC(C)(C)c1cc(C2(C)CC2)c(O)cc1C1CC1. The van der Waals surface area contributed by atoms with Gasteiger partial charge in [-0.15, -0.1) is 0 Å². The zero-order valence-corrected chi connectivity index (χ0v) is 12.0. The Morgan fingerprint density at radius 1 is 1.17 bits per heavy atom. The van der Waals surface area contributed by atoms with Crippen LogP contribution in [-0.4, -0.2) is 5.11 Å². The van der Waals surface area contributed by atoms with Gasteiger partial charge in [0.15, 0.2) is 0 Å². The highest BCUT2D eigenvalue weighted by Gasteiger charge is 2.42. The summed E-state index contributed by atoms with van der Waals surface area (Å²) in [6, 6.07) is 4.37. The third-order valence-corrected chi connectivity index (χ3v) is 4.64. The molecule has 0 saturated heterocycles. The zero-order valence-electron chi connectivity index (χ0n) is 12.0. The minimum Gasteiger partial charge on any atom is -0.508 e. The van der Waals surface area contributed by atoms with E-state index in [1.807, 2.05) is 0 Å². The van der Waals surface area contributed by atoms with Gasteiger partial charge in [-0.1, -0.05) is 33.8 Å². The Bertz CT molecular complexity index is 485. The van der Waals surface area contributed by atoms with Crippen molar-refractivity contribution in [2.75, 3.05) is 0 Å². The lowest BCUT2D eigenvalue weighted by Gasteiger charge is -2.26. The van der Waals surface area contributed by atoms with Crippen molar-refractivity contribution in [2.45, 2.75) is 70.1 Å². The lowest BCUT2D eigenvalue weighted by molar-refractivity contribution is 0.458. The van der Waals surface area contributed by atoms with E-state index in [0.717, 1.165) is 0 Å². The zero-order chi connectivity index (χ0) is 13.1. The summed E-state index contributed by atoms with van der Waals surface area (Å²) in [7, 11) is 0. The maximum Gasteiger partial charge on any atom is 0.119 e. The smallest absolute Gasteiger partial charge is 0.119 e. The number of hydrogen-bond acceptors (Lipinski definition) is 1. The monoisotopic (exact) mass is 244 g/mol. The van der Waals surface area contributed by atoms with Crippen LogP contribution >= 0.6 is 0 Å². The first-order valence-corrected chi connectivity index (χ1v) is 7.19. The Labute approximate surface area is 110 Å². The Morgan fingerprint density at radius 3 is 2.22 bits per heavy atom. The van der Waals surface area contributed by atoms with Gasteiger partial charge in [0.25, 0.3) is 0 Å². The second-order valence-electron chi connectivity index (χ2n) is 7.54. The second-order valence-corrected chi connectivity index (χ2v) is 7.54. The van der Waals surface area contributed by atoms with Gasteiger partial charge >= 0.3 is 0 Å². The van der Waals surface area contributed by atoms with Gasteiger partial charge in [0.1, 0.15) is 5.75 Å². The number of benzene rings is 1. The molecule has 0 atom stereocenters. The van der Waals surface area contributed by atoms with Gasteiger partial charge in [-0.3, -0.25) is 0 Å². The lowest BCUT2D eigenvalue weighted by atomic mass is 9.79. The van der Waals surface area contributed by atoms with Crippen LogP contribution in [-0.2, 0) is 10.8 Å². The van der Waals surface area contributed by atoms with E-state index in [9.17, 15) is 5.11 Å². The van der Waals surface area contributed by atoms with E-state index in [1.165, 1.54) is 42.4 Å². The van der Waals surface area contributed by atoms with Crippen LogP contribution in [0.25, 0.3) is 0 Å². The molecule has 0 amide bonds. The highest BCUT2D eigenvalue weighted by atomic mass is 16.3. The largest absolute Gasteiger partial charge is 0.508 e. The van der Waals surface area contributed by atoms with Crippen LogP contribution < -0.4 is 0 Å². The van der Waals surface area contributed by atoms with Crippen LogP contribution in [0.2, 0.25) is 0 Å². The molecule has 2 aliphatic carbocycles. The summed E-state index contributed by atoms with van der Waals surface area (Å²) in [4.78, 5) is 0. The highest BCUT2D eigenvalue weighted by Crippen LogP contribution is 2.54. The maximum atomic E-state index is 10.3. The quantitative estimate of drug-likeness (QED) is 0.805. The van der Waals surface area contributed by atoms with E-state index >= 15 is 0 Å². The van der Waals surface area contributed by atoms with Crippen molar-refractivity contribution in [3.05, 3.63) is 28.8 Å². The molecule has 0 aromatic heterocycles. The molecule has 0 spiro atoms. The topological polar surface area (TPSA) is 20.2 Å². The normalized spacial score (nSPS) is 22.0. The van der Waals surface area contributed by atoms with Gasteiger partial charge in [-0.05, 0) is 59.6 Å². The Morgan fingerprint density at radius 2 is 1.78 bits per heavy atom. The van der Waals surface area contributed by atoms with E-state index in [-0.39, 0.29) is 10.8 Å². The third-order valence-electron chi connectivity index (χ3n) is 4.64. The van der Waals surface area contributed by atoms with Crippen molar-refractivity contribution in [3.8, 4) is 5.75 Å². The molecule has 0 radical (unpaired) electrons. The molecule has 1 N–H and O–H groups in total. The van der Waals surface area contributed by atoms with Crippen LogP contribution in [0.4, 0.5) is 0 Å². The molecular formula is C17H24O. The summed E-state index contributed by atoms with van der Waals surface area (Å²) < 4.78 is 0. The molecule has 2 saturated carbocycles. The molecule has 1 heteroatoms. The second kappa shape index (κ2) is 3.53. The summed E-state index contributed by atoms with van der Waals surface area (Å²) in [5.74, 6) is 1.23. The molecule has 1 nitrogen and oxygen atoms in total. The van der Waals surface area contributed by atoms with Crippen molar-refractivity contribution < 1.29 is 5.11 Å². The van der Waals surface area contributed by atoms with Gasteiger partial charge in [-0.25, -0.2) is 0 Å². The van der Waals surface area contributed by atoms with Gasteiger partial charge in [0.2, 0.25) is 0 Å². The fourth-order valence-corrected chi connectivity index (χ4v) is 2.93. The number of phenols is 1. The van der Waals surface area contributed by atoms with Crippen molar-refractivity contribution in [1.82, 2.24) is 0 Å². The lowest BCUT2D eigenvalue weighted by Crippen LogP contribution is -2.16. The molecule has 18 heavy (non-hydrogen) atoms. The molecule has 0 unspecified atom stereocenters. The first-order chi connectivity index (χ1) is 8.31. The van der Waals surface area contributed by atoms with Gasteiger partial charge in [0, 0.05) is 5.56 Å². The van der Waals surface area contributed by atoms with Gasteiger partial charge in [0.05, 0.1) is 0 Å². The van der Waals surface area contributed by atoms with E-state index in [1.54, 1.807) is 0 Å². The Kier molecular flexibility index (Phi) is 2.36. The summed E-state index contributed by atoms with van der Waals surface area (Å²) in [6.45, 7) is 9.12. The van der Waals surface area contributed by atoms with Gasteiger partial charge in [-0.2, -0.15) is 0 Å². The molecule has 98 valence electrons. The summed E-state index contributed by atoms with van der Waals surface area (Å²) in [6.07, 6.45) is 5.01. The van der Waals surface area contributed by atoms with Crippen molar-refractivity contribution in [1.29, 1.82) is 0 Å². The van der Waals surface area contributed by atoms with E-state index in [0.29, 0.717) is 11.7 Å². The van der Waals surface area contributed by atoms with Crippen molar-refractivity contribution in [2.24, 2.45) is 0 Å². The van der Waals surface area contributed by atoms with E-state index < -0.39 is 0 Å². The molecule has 3 rings (SSSR count). The van der Waals surface area contributed by atoms with E-state index in [4.69, 9.17) is 0 Å². The molecule has 1 aromatic carbocycles. The first kappa shape index (κ1) is 12.1. The van der Waals surface area contributed by atoms with Crippen LogP contribution in [0, 0.1) is 0 Å². The standard InChI is InChI=1S/C17H24O/c1-16(2,3)13-10-14(17(4)7-8-17)15(18)9-12(13)11-5-6-11/h9-11,18H,5-8H2,1-4H3. The molecule has 2 aliphatic rings. The Balaban J connectivity index is 2.14. The number of hydrogen-bond donors (Lipinski definition) is 1. The summed E-state index contributed by atoms with van der Waals surface area (Å²) in [5.41, 5.74) is 4.44. The first-order valence-electron chi connectivity index (χ1n) is 7.19. The fourth-order valence-electron chi connectivity index (χ4n) is 2.93. The van der Waals surface area contributed by atoms with Crippen molar-refractivity contribution >= 4 is 0 Å². The predicted octanol–water partition coefficient (Wildman–Crippen LogP) is 4.62.